The molecule has 6 nitrogen and oxygen atoms in total. The van der Waals surface area contributed by atoms with E-state index in [1.165, 1.54) is 6.07 Å². The van der Waals surface area contributed by atoms with E-state index in [2.05, 4.69) is 26.4 Å². The Hall–Kier alpha value is -3.06. The van der Waals surface area contributed by atoms with Gasteiger partial charge in [-0.1, -0.05) is 18.2 Å². The van der Waals surface area contributed by atoms with E-state index >= 15 is 0 Å². The van der Waals surface area contributed by atoms with Crippen LogP contribution in [0.4, 0.5) is 4.39 Å². The van der Waals surface area contributed by atoms with Crippen molar-refractivity contribution >= 4 is 5.91 Å². The topological polar surface area (TPSA) is 63.1 Å². The molecule has 7 heteroatoms. The summed E-state index contributed by atoms with van der Waals surface area (Å²) in [5.74, 6) is -0.449. The van der Waals surface area contributed by atoms with Crippen molar-refractivity contribution in [1.82, 2.24) is 25.0 Å². The molecule has 3 heterocycles. The largest absolute Gasteiger partial charge is 0.353 e. The van der Waals surface area contributed by atoms with Crippen LogP contribution >= 0.6 is 0 Å². The standard InChI is InChI=1S/C23H26FN5O/c1-28-20(14-22(27-28)18-6-4-10-25-15-18)16-29-11-8-19(9-12-29)26-23(30)13-17-5-2-3-7-21(17)24/h2-7,10,14-15,19H,8-9,11-13,16H2,1H3,(H,26,30). The molecule has 1 aliphatic rings. The van der Waals surface area contributed by atoms with Crippen molar-refractivity contribution in [2.75, 3.05) is 13.1 Å². The van der Waals surface area contributed by atoms with Gasteiger partial charge in [0.05, 0.1) is 17.8 Å². The van der Waals surface area contributed by atoms with Crippen LogP contribution in [-0.2, 0) is 24.8 Å². The number of hydrogen-bond acceptors (Lipinski definition) is 4. The van der Waals surface area contributed by atoms with Gasteiger partial charge in [-0.3, -0.25) is 19.4 Å². The molecule has 1 fully saturated rings. The zero-order chi connectivity index (χ0) is 20.9. The van der Waals surface area contributed by atoms with Crippen molar-refractivity contribution in [2.45, 2.75) is 31.8 Å². The van der Waals surface area contributed by atoms with E-state index < -0.39 is 0 Å². The summed E-state index contributed by atoms with van der Waals surface area (Å²) in [4.78, 5) is 18.8. The molecule has 2 aromatic heterocycles. The molecule has 1 aromatic carbocycles. The fourth-order valence-corrected chi connectivity index (χ4v) is 3.87. The summed E-state index contributed by atoms with van der Waals surface area (Å²) in [6, 6.07) is 12.6. The number of nitrogens with one attached hydrogen (secondary N) is 1. The van der Waals surface area contributed by atoms with Crippen LogP contribution in [0.5, 0.6) is 0 Å². The fraction of sp³-hybridized carbons (Fsp3) is 0.348. The molecular weight excluding hydrogens is 381 g/mol. The molecule has 1 amide bonds. The number of pyridine rings is 1. The van der Waals surface area contributed by atoms with Gasteiger partial charge in [-0.25, -0.2) is 4.39 Å². The first-order valence-electron chi connectivity index (χ1n) is 10.3. The minimum absolute atomic E-state index is 0.0824. The number of carbonyl (C=O) groups is 1. The Morgan fingerprint density at radius 1 is 1.20 bits per heavy atom. The summed E-state index contributed by atoms with van der Waals surface area (Å²) in [7, 11) is 1.96. The zero-order valence-corrected chi connectivity index (χ0v) is 17.1. The lowest BCUT2D eigenvalue weighted by Gasteiger charge is -2.32. The van der Waals surface area contributed by atoms with Crippen molar-refractivity contribution in [1.29, 1.82) is 0 Å². The van der Waals surface area contributed by atoms with E-state index in [1.807, 2.05) is 30.1 Å². The third-order valence-corrected chi connectivity index (χ3v) is 5.58. The molecule has 4 rings (SSSR count). The van der Waals surface area contributed by atoms with Crippen LogP contribution in [0, 0.1) is 5.82 Å². The maximum absolute atomic E-state index is 13.7. The molecule has 1 N–H and O–H groups in total. The minimum Gasteiger partial charge on any atom is -0.353 e. The van der Waals surface area contributed by atoms with Gasteiger partial charge in [-0.2, -0.15) is 5.10 Å². The molecule has 0 spiro atoms. The molecule has 0 saturated carbocycles. The first kappa shape index (κ1) is 20.2. The number of aromatic nitrogens is 3. The Balaban J connectivity index is 1.27. The minimum atomic E-state index is -0.329. The van der Waals surface area contributed by atoms with Gasteiger partial charge in [0.2, 0.25) is 5.91 Å². The van der Waals surface area contributed by atoms with Gasteiger partial charge in [-0.15, -0.1) is 0 Å². The van der Waals surface area contributed by atoms with Gasteiger partial charge in [0, 0.05) is 50.7 Å². The molecule has 30 heavy (non-hydrogen) atoms. The van der Waals surface area contributed by atoms with Crippen LogP contribution in [0.25, 0.3) is 11.3 Å². The molecule has 0 aliphatic carbocycles. The molecule has 3 aromatic rings. The SMILES string of the molecule is Cn1nc(-c2cccnc2)cc1CN1CCC(NC(=O)Cc2ccccc2F)CC1. The number of piperidine rings is 1. The lowest BCUT2D eigenvalue weighted by atomic mass is 10.0. The molecule has 0 unspecified atom stereocenters. The van der Waals surface area contributed by atoms with Crippen LogP contribution < -0.4 is 5.32 Å². The number of likely N-dealkylation sites (tertiary alicyclic amines) is 1. The Bertz CT molecular complexity index is 996. The van der Waals surface area contributed by atoms with Crippen LogP contribution in [0.2, 0.25) is 0 Å². The Morgan fingerprint density at radius 3 is 2.73 bits per heavy atom. The van der Waals surface area contributed by atoms with Crippen LogP contribution in [-0.4, -0.2) is 44.7 Å². The highest BCUT2D eigenvalue weighted by atomic mass is 19.1. The number of carbonyl (C=O) groups excluding carboxylic acids is 1. The smallest absolute Gasteiger partial charge is 0.224 e. The highest BCUT2D eigenvalue weighted by molar-refractivity contribution is 5.78. The third kappa shape index (κ3) is 4.91. The molecule has 0 bridgehead atoms. The predicted molar refractivity (Wildman–Crippen MR) is 113 cm³/mol. The van der Waals surface area contributed by atoms with Crippen LogP contribution in [0.15, 0.2) is 54.9 Å². The highest BCUT2D eigenvalue weighted by Crippen LogP contribution is 2.20. The Morgan fingerprint density at radius 2 is 2.00 bits per heavy atom. The van der Waals surface area contributed by atoms with Gasteiger partial charge in [0.25, 0.3) is 0 Å². The maximum Gasteiger partial charge on any atom is 0.224 e. The van der Waals surface area contributed by atoms with Crippen molar-refractivity contribution in [2.24, 2.45) is 7.05 Å². The molecule has 156 valence electrons. The number of nitrogens with zero attached hydrogens (tertiary/aromatic N) is 4. The lowest BCUT2D eigenvalue weighted by molar-refractivity contribution is -0.121. The van der Waals surface area contributed by atoms with E-state index in [0.717, 1.165) is 49.4 Å². The van der Waals surface area contributed by atoms with Gasteiger partial charge >= 0.3 is 0 Å². The summed E-state index contributed by atoms with van der Waals surface area (Å²) in [6.07, 6.45) is 5.43. The summed E-state index contributed by atoms with van der Waals surface area (Å²) < 4.78 is 15.7. The average Bonchev–Trinajstić information content (AvgIpc) is 3.12. The van der Waals surface area contributed by atoms with E-state index in [0.29, 0.717) is 5.56 Å². The van der Waals surface area contributed by atoms with Gasteiger partial charge in [0.15, 0.2) is 0 Å². The summed E-state index contributed by atoms with van der Waals surface area (Å²) >= 11 is 0. The van der Waals surface area contributed by atoms with Crippen molar-refractivity contribution in [3.63, 3.8) is 0 Å². The number of aryl methyl sites for hydroxylation is 1. The number of amides is 1. The first-order valence-corrected chi connectivity index (χ1v) is 10.3. The van der Waals surface area contributed by atoms with E-state index in [-0.39, 0.29) is 24.2 Å². The second kappa shape index (κ2) is 9.17. The number of rotatable bonds is 6. The number of hydrogen-bond donors (Lipinski definition) is 1. The molecular formula is C23H26FN5O. The zero-order valence-electron chi connectivity index (χ0n) is 17.1. The number of benzene rings is 1. The quantitative estimate of drug-likeness (QED) is 0.683. The average molecular weight is 407 g/mol. The number of halogens is 1. The molecule has 0 radical (unpaired) electrons. The van der Waals surface area contributed by atoms with Gasteiger partial charge in [-0.05, 0) is 42.7 Å². The van der Waals surface area contributed by atoms with Crippen molar-refractivity contribution in [3.05, 3.63) is 71.9 Å². The Labute approximate surface area is 175 Å². The van der Waals surface area contributed by atoms with Gasteiger partial charge in [0.1, 0.15) is 5.82 Å². The summed E-state index contributed by atoms with van der Waals surface area (Å²) in [6.45, 7) is 2.62. The monoisotopic (exact) mass is 407 g/mol. The van der Waals surface area contributed by atoms with E-state index in [4.69, 9.17) is 0 Å². The lowest BCUT2D eigenvalue weighted by Crippen LogP contribution is -2.45. The second-order valence-corrected chi connectivity index (χ2v) is 7.77. The third-order valence-electron chi connectivity index (χ3n) is 5.58. The summed E-state index contributed by atoms with van der Waals surface area (Å²) in [5.41, 5.74) is 3.52. The predicted octanol–water partition coefficient (Wildman–Crippen LogP) is 2.94. The maximum atomic E-state index is 13.7. The van der Waals surface area contributed by atoms with E-state index in [9.17, 15) is 9.18 Å². The van der Waals surface area contributed by atoms with Crippen LogP contribution in [0.3, 0.4) is 0 Å². The van der Waals surface area contributed by atoms with Crippen molar-refractivity contribution in [3.8, 4) is 11.3 Å². The fourth-order valence-electron chi connectivity index (χ4n) is 3.87. The molecule has 1 aliphatic heterocycles. The van der Waals surface area contributed by atoms with E-state index in [1.54, 1.807) is 24.4 Å². The van der Waals surface area contributed by atoms with Crippen LogP contribution in [0.1, 0.15) is 24.1 Å². The molecule has 1 saturated heterocycles. The normalized spacial score (nSPS) is 15.3. The second-order valence-electron chi connectivity index (χ2n) is 7.77. The first-order chi connectivity index (χ1) is 14.6. The Kier molecular flexibility index (Phi) is 6.18. The summed E-state index contributed by atoms with van der Waals surface area (Å²) in [5, 5.41) is 7.67. The van der Waals surface area contributed by atoms with Crippen molar-refractivity contribution < 1.29 is 9.18 Å². The highest BCUT2D eigenvalue weighted by Gasteiger charge is 2.22. The van der Waals surface area contributed by atoms with Gasteiger partial charge < -0.3 is 5.32 Å². The molecule has 0 atom stereocenters.